The van der Waals surface area contributed by atoms with Crippen molar-refractivity contribution in [3.05, 3.63) is 29.8 Å². The van der Waals surface area contributed by atoms with Gasteiger partial charge in [-0.25, -0.2) is 9.97 Å². The summed E-state index contributed by atoms with van der Waals surface area (Å²) in [5.74, 6) is 0.280. The minimum Gasteiger partial charge on any atom is -0.321 e. The second-order valence-electron chi connectivity index (χ2n) is 2.50. The van der Waals surface area contributed by atoms with Gasteiger partial charge >= 0.3 is 0 Å². The van der Waals surface area contributed by atoms with Gasteiger partial charge in [0.1, 0.15) is 5.15 Å². The molecule has 1 N–H and O–H groups in total. The molecule has 6 heteroatoms. The molecule has 0 unspecified atom stereocenters. The Labute approximate surface area is 90.0 Å². The summed E-state index contributed by atoms with van der Waals surface area (Å²) in [4.78, 5) is 7.83. The zero-order valence-electron chi connectivity index (χ0n) is 9.98. The van der Waals surface area contributed by atoms with Crippen molar-refractivity contribution in [3.8, 4) is 0 Å². The van der Waals surface area contributed by atoms with Gasteiger partial charge in [0.2, 0.25) is 5.95 Å². The minimum atomic E-state index is -2.30. The van der Waals surface area contributed by atoms with Crippen molar-refractivity contribution in [1.29, 1.82) is 0 Å². The molecule has 0 bridgehead atoms. The predicted molar refractivity (Wildman–Crippen MR) is 53.5 cm³/mol. The van der Waals surface area contributed by atoms with E-state index in [2.05, 4.69) is 20.4 Å². The molecule has 2 aromatic rings. The average molecular weight is 213 g/mol. The second kappa shape index (κ2) is 3.63. The molecule has 0 fully saturated rings. The summed E-state index contributed by atoms with van der Waals surface area (Å²) in [7, 11) is 0. The molecule has 14 heavy (non-hydrogen) atoms. The van der Waals surface area contributed by atoms with Crippen LogP contribution in [-0.2, 0) is 6.98 Å². The Morgan fingerprint density at radius 2 is 2.57 bits per heavy atom. The molecule has 0 saturated carbocycles. The summed E-state index contributed by atoms with van der Waals surface area (Å²) in [6.45, 7) is -2.30. The summed E-state index contributed by atoms with van der Waals surface area (Å²) in [6, 6.07) is 1.54. The fourth-order valence-electron chi connectivity index (χ4n) is 0.913. The van der Waals surface area contributed by atoms with Crippen molar-refractivity contribution in [3.63, 3.8) is 0 Å². The van der Waals surface area contributed by atoms with Crippen LogP contribution in [0.4, 0.5) is 11.6 Å². The highest BCUT2D eigenvalue weighted by molar-refractivity contribution is 6.29. The molecule has 0 atom stereocenters. The normalized spacial score (nSPS) is 14.2. The van der Waals surface area contributed by atoms with Gasteiger partial charge in [-0.1, -0.05) is 11.6 Å². The van der Waals surface area contributed by atoms with E-state index < -0.39 is 6.98 Å². The van der Waals surface area contributed by atoms with Crippen LogP contribution in [0.15, 0.2) is 24.7 Å². The van der Waals surface area contributed by atoms with Crippen LogP contribution >= 0.6 is 11.6 Å². The maximum atomic E-state index is 7.15. The molecule has 0 saturated heterocycles. The lowest BCUT2D eigenvalue weighted by Crippen LogP contribution is -1.95. The molecule has 0 amide bonds. The lowest BCUT2D eigenvalue weighted by atomic mass is 10.5. The maximum Gasteiger partial charge on any atom is 0.228 e. The van der Waals surface area contributed by atoms with E-state index in [1.54, 1.807) is 6.07 Å². The maximum absolute atomic E-state index is 7.15. The van der Waals surface area contributed by atoms with Crippen molar-refractivity contribution < 1.29 is 4.11 Å². The number of halogens is 1. The molecule has 0 spiro atoms. The monoisotopic (exact) mass is 212 g/mol. The van der Waals surface area contributed by atoms with Crippen molar-refractivity contribution in [2.45, 2.75) is 0 Å². The van der Waals surface area contributed by atoms with E-state index in [0.717, 1.165) is 4.68 Å². The van der Waals surface area contributed by atoms with E-state index in [1.165, 1.54) is 18.6 Å². The smallest absolute Gasteiger partial charge is 0.228 e. The zero-order valence-corrected chi connectivity index (χ0v) is 7.73. The van der Waals surface area contributed by atoms with Crippen LogP contribution in [0, 0.1) is 0 Å². The van der Waals surface area contributed by atoms with Crippen LogP contribution < -0.4 is 5.32 Å². The molecule has 2 rings (SSSR count). The number of aromatic nitrogens is 4. The minimum absolute atomic E-state index is 0.280. The summed E-state index contributed by atoms with van der Waals surface area (Å²) in [6.07, 6.45) is 4.21. The predicted octanol–water partition coefficient (Wildman–Crippen LogP) is 1.61. The Morgan fingerprint density at radius 3 is 3.29 bits per heavy atom. The van der Waals surface area contributed by atoms with Gasteiger partial charge in [-0.05, 0) is 6.07 Å². The fourth-order valence-corrected chi connectivity index (χ4v) is 1.05. The molecule has 0 aliphatic carbocycles. The fraction of sp³-hybridized carbons (Fsp3) is 0.125. The van der Waals surface area contributed by atoms with Gasteiger partial charge in [-0.15, -0.1) is 0 Å². The highest BCUT2D eigenvalue weighted by Crippen LogP contribution is 2.12. The van der Waals surface area contributed by atoms with Crippen LogP contribution in [0.1, 0.15) is 4.11 Å². The van der Waals surface area contributed by atoms with E-state index in [4.69, 9.17) is 15.7 Å². The van der Waals surface area contributed by atoms with Gasteiger partial charge in [-0.2, -0.15) is 5.10 Å². The van der Waals surface area contributed by atoms with Crippen LogP contribution in [0.3, 0.4) is 0 Å². The number of hydrogen-bond donors (Lipinski definition) is 1. The molecule has 5 nitrogen and oxygen atoms in total. The van der Waals surface area contributed by atoms with Crippen LogP contribution in [0.5, 0.6) is 0 Å². The SMILES string of the molecule is [2H]C([2H])([2H])n1cc(Nc2nccc(Cl)n2)cn1. The summed E-state index contributed by atoms with van der Waals surface area (Å²) < 4.78 is 22.3. The van der Waals surface area contributed by atoms with Crippen LogP contribution in [0.25, 0.3) is 0 Å². The molecule has 0 aliphatic rings. The lowest BCUT2D eigenvalue weighted by molar-refractivity contribution is 0.768. The van der Waals surface area contributed by atoms with Crippen LogP contribution in [0.2, 0.25) is 5.15 Å². The van der Waals surface area contributed by atoms with Gasteiger partial charge in [0, 0.05) is 23.5 Å². The molecular weight excluding hydrogens is 202 g/mol. The van der Waals surface area contributed by atoms with Gasteiger partial charge in [-0.3, -0.25) is 4.68 Å². The largest absolute Gasteiger partial charge is 0.321 e. The Morgan fingerprint density at radius 1 is 1.64 bits per heavy atom. The van der Waals surface area contributed by atoms with Crippen molar-refractivity contribution in [2.24, 2.45) is 6.98 Å². The van der Waals surface area contributed by atoms with Gasteiger partial charge in [0.15, 0.2) is 0 Å². The molecule has 2 heterocycles. The molecule has 72 valence electrons. The zero-order chi connectivity index (χ0) is 12.5. The Kier molecular flexibility index (Phi) is 1.55. The third kappa shape index (κ3) is 2.00. The van der Waals surface area contributed by atoms with Crippen LogP contribution in [-0.4, -0.2) is 19.7 Å². The highest BCUT2D eigenvalue weighted by atomic mass is 35.5. The Hall–Kier alpha value is -1.62. The Balaban J connectivity index is 2.17. The van der Waals surface area contributed by atoms with Crippen molar-refractivity contribution in [1.82, 2.24) is 19.7 Å². The standard InChI is InChI=1S/C8H8ClN5/c1-14-5-6(4-11-14)12-8-10-3-2-7(9)13-8/h2-5H,1H3,(H,10,12,13)/i1D3. The third-order valence-electron chi connectivity index (χ3n) is 1.46. The second-order valence-corrected chi connectivity index (χ2v) is 2.89. The number of anilines is 2. The van der Waals surface area contributed by atoms with E-state index in [-0.39, 0.29) is 5.95 Å². The Bertz CT molecular complexity index is 524. The number of hydrogen-bond acceptors (Lipinski definition) is 4. The average Bonchev–Trinajstić information content (AvgIpc) is 2.65. The first-order chi connectivity index (χ1) is 7.95. The number of rotatable bonds is 2. The molecule has 0 radical (unpaired) electrons. The summed E-state index contributed by atoms with van der Waals surface area (Å²) in [5.41, 5.74) is 0.475. The number of nitrogens with one attached hydrogen (secondary N) is 1. The highest BCUT2D eigenvalue weighted by Gasteiger charge is 1.99. The van der Waals surface area contributed by atoms with Gasteiger partial charge in [0.05, 0.1) is 11.9 Å². The lowest BCUT2D eigenvalue weighted by Gasteiger charge is -1.99. The topological polar surface area (TPSA) is 55.6 Å². The number of nitrogens with zero attached hydrogens (tertiary/aromatic N) is 4. The molecule has 0 aliphatic heterocycles. The summed E-state index contributed by atoms with van der Waals surface area (Å²) >= 11 is 5.69. The molecule has 2 aromatic heterocycles. The molecule has 0 aromatic carbocycles. The first-order valence-electron chi connectivity index (χ1n) is 5.26. The number of aryl methyl sites for hydroxylation is 1. The molecular formula is C8H8ClN5. The quantitative estimate of drug-likeness (QED) is 0.769. The van der Waals surface area contributed by atoms with E-state index in [1.807, 2.05) is 0 Å². The summed E-state index contributed by atoms with van der Waals surface area (Å²) in [5, 5.41) is 6.80. The van der Waals surface area contributed by atoms with E-state index in [9.17, 15) is 0 Å². The third-order valence-corrected chi connectivity index (χ3v) is 1.67. The van der Waals surface area contributed by atoms with E-state index in [0.29, 0.717) is 10.8 Å². The first kappa shape index (κ1) is 5.98. The van der Waals surface area contributed by atoms with E-state index >= 15 is 0 Å². The van der Waals surface area contributed by atoms with Crippen molar-refractivity contribution in [2.75, 3.05) is 5.32 Å². The van der Waals surface area contributed by atoms with Gasteiger partial charge < -0.3 is 5.32 Å². The van der Waals surface area contributed by atoms with Crippen molar-refractivity contribution >= 4 is 23.2 Å². The first-order valence-corrected chi connectivity index (χ1v) is 4.14. The van der Waals surface area contributed by atoms with Gasteiger partial charge in [0.25, 0.3) is 0 Å².